The van der Waals surface area contributed by atoms with Crippen LogP contribution in [-0.4, -0.2) is 31.7 Å². The van der Waals surface area contributed by atoms with Crippen LogP contribution < -0.4 is 10.6 Å². The van der Waals surface area contributed by atoms with Crippen molar-refractivity contribution in [1.82, 2.24) is 5.32 Å². The van der Waals surface area contributed by atoms with Gasteiger partial charge in [0.05, 0.1) is 0 Å². The highest BCUT2D eigenvalue weighted by atomic mass is 35.5. The largest absolute Gasteiger partial charge is 0.368 e. The second-order valence-corrected chi connectivity index (χ2v) is 4.87. The molecule has 0 unspecified atom stereocenters. The maximum Gasteiger partial charge on any atom is 0.256 e. The van der Waals surface area contributed by atoms with E-state index in [1.165, 1.54) is 6.07 Å². The van der Waals surface area contributed by atoms with Gasteiger partial charge < -0.3 is 15.4 Å². The van der Waals surface area contributed by atoms with Crippen LogP contribution in [0.3, 0.4) is 0 Å². The summed E-state index contributed by atoms with van der Waals surface area (Å²) in [4.78, 5) is 12.4. The number of carbonyl (C=O) groups is 1. The molecule has 1 saturated heterocycles. The third-order valence-corrected chi connectivity index (χ3v) is 3.63. The second kappa shape index (κ2) is 7.02. The van der Waals surface area contributed by atoms with Crippen molar-refractivity contribution in [3.63, 3.8) is 0 Å². The minimum absolute atomic E-state index is 0. The van der Waals surface area contributed by atoms with Crippen molar-refractivity contribution in [2.75, 3.05) is 25.5 Å². The number of hydrogen-bond donors (Lipinski definition) is 2. The zero-order valence-corrected chi connectivity index (χ0v) is 12.5. The third kappa shape index (κ3) is 3.48. The summed E-state index contributed by atoms with van der Waals surface area (Å²) in [5, 5.41) is 6.01. The van der Waals surface area contributed by atoms with Crippen LogP contribution in [-0.2, 0) is 9.53 Å². The average Bonchev–Trinajstić information content (AvgIpc) is 2.43. The molecule has 1 aromatic rings. The molecule has 0 aliphatic carbocycles. The van der Waals surface area contributed by atoms with Crippen molar-refractivity contribution in [3.8, 4) is 0 Å². The first kappa shape index (κ1) is 16.9. The van der Waals surface area contributed by atoms with Crippen LogP contribution in [0.1, 0.15) is 18.4 Å². The average molecular weight is 303 g/mol. The fourth-order valence-corrected chi connectivity index (χ4v) is 2.32. The van der Waals surface area contributed by atoms with Gasteiger partial charge in [0.25, 0.3) is 5.91 Å². The topological polar surface area (TPSA) is 50.4 Å². The molecule has 112 valence electrons. The molecular formula is C14H20ClFN2O2. The fraction of sp³-hybridized carbons (Fsp3) is 0.500. The minimum atomic E-state index is -0.784. The van der Waals surface area contributed by atoms with Crippen molar-refractivity contribution < 1.29 is 13.9 Å². The number of anilines is 1. The van der Waals surface area contributed by atoms with E-state index in [1.54, 1.807) is 26.2 Å². The summed E-state index contributed by atoms with van der Waals surface area (Å²) in [5.74, 6) is -0.441. The minimum Gasteiger partial charge on any atom is -0.368 e. The van der Waals surface area contributed by atoms with Crippen LogP contribution >= 0.6 is 12.4 Å². The van der Waals surface area contributed by atoms with E-state index < -0.39 is 5.60 Å². The first-order valence-corrected chi connectivity index (χ1v) is 6.41. The summed E-state index contributed by atoms with van der Waals surface area (Å²) in [6.45, 7) is 3.18. The smallest absolute Gasteiger partial charge is 0.256 e. The lowest BCUT2D eigenvalue weighted by molar-refractivity contribution is -0.140. The van der Waals surface area contributed by atoms with Gasteiger partial charge in [-0.25, -0.2) is 4.39 Å². The van der Waals surface area contributed by atoms with Gasteiger partial charge in [-0.2, -0.15) is 0 Å². The van der Waals surface area contributed by atoms with Gasteiger partial charge in [0.1, 0.15) is 11.4 Å². The van der Waals surface area contributed by atoms with Gasteiger partial charge in [0, 0.05) is 12.8 Å². The number of aryl methyl sites for hydroxylation is 1. The molecule has 4 nitrogen and oxygen atoms in total. The highest BCUT2D eigenvalue weighted by Crippen LogP contribution is 2.25. The van der Waals surface area contributed by atoms with Crippen LogP contribution in [0.4, 0.5) is 10.1 Å². The SMILES string of the molecule is COC1(C(=O)Nc2ccc(F)c(C)c2)CCNCC1.Cl. The molecule has 2 rings (SSSR count). The van der Waals surface area contributed by atoms with Crippen LogP contribution in [0.15, 0.2) is 18.2 Å². The number of benzene rings is 1. The van der Waals surface area contributed by atoms with Gasteiger partial charge in [0.15, 0.2) is 0 Å². The van der Waals surface area contributed by atoms with Crippen molar-refractivity contribution in [3.05, 3.63) is 29.6 Å². The molecule has 0 aromatic heterocycles. The predicted molar refractivity (Wildman–Crippen MR) is 78.9 cm³/mol. The highest BCUT2D eigenvalue weighted by molar-refractivity contribution is 5.97. The molecule has 0 spiro atoms. The Morgan fingerprint density at radius 2 is 2.05 bits per heavy atom. The number of rotatable bonds is 3. The van der Waals surface area contributed by atoms with Crippen LogP contribution in [0.2, 0.25) is 0 Å². The number of carbonyl (C=O) groups excluding carboxylic acids is 1. The molecule has 1 amide bonds. The summed E-state index contributed by atoms with van der Waals surface area (Å²) in [5.41, 5.74) is 0.321. The van der Waals surface area contributed by atoms with Crippen molar-refractivity contribution in [1.29, 1.82) is 0 Å². The van der Waals surface area contributed by atoms with Gasteiger partial charge in [-0.1, -0.05) is 0 Å². The van der Waals surface area contributed by atoms with E-state index in [-0.39, 0.29) is 24.1 Å². The van der Waals surface area contributed by atoms with Gasteiger partial charge in [-0.05, 0) is 56.6 Å². The number of methoxy groups -OCH3 is 1. The zero-order chi connectivity index (χ0) is 13.9. The van der Waals surface area contributed by atoms with Gasteiger partial charge in [-0.3, -0.25) is 4.79 Å². The molecule has 1 heterocycles. The molecule has 0 radical (unpaired) electrons. The first-order valence-electron chi connectivity index (χ1n) is 6.41. The van der Waals surface area contributed by atoms with Crippen LogP contribution in [0.25, 0.3) is 0 Å². The Morgan fingerprint density at radius 3 is 2.60 bits per heavy atom. The maximum atomic E-state index is 13.2. The zero-order valence-electron chi connectivity index (χ0n) is 11.7. The first-order chi connectivity index (χ1) is 9.07. The quantitative estimate of drug-likeness (QED) is 0.900. The fourth-order valence-electron chi connectivity index (χ4n) is 2.32. The van der Waals surface area contributed by atoms with Gasteiger partial charge >= 0.3 is 0 Å². The Balaban J connectivity index is 0.00000200. The number of ether oxygens (including phenoxy) is 1. The summed E-state index contributed by atoms with van der Waals surface area (Å²) < 4.78 is 18.6. The Labute approximate surface area is 124 Å². The van der Waals surface area contributed by atoms with E-state index in [0.29, 0.717) is 24.1 Å². The molecule has 0 saturated carbocycles. The standard InChI is InChI=1S/C14H19FN2O2.ClH/c1-10-9-11(3-4-12(10)15)17-13(18)14(19-2)5-7-16-8-6-14;/h3-4,9,16H,5-8H2,1-2H3,(H,17,18);1H. The Bertz CT molecular complexity index is 476. The van der Waals surface area contributed by atoms with E-state index in [9.17, 15) is 9.18 Å². The lowest BCUT2D eigenvalue weighted by Gasteiger charge is -2.34. The van der Waals surface area contributed by atoms with Crippen LogP contribution in [0.5, 0.6) is 0 Å². The molecule has 1 aromatic carbocycles. The summed E-state index contributed by atoms with van der Waals surface area (Å²) in [6.07, 6.45) is 1.27. The number of halogens is 2. The lowest BCUT2D eigenvalue weighted by Crippen LogP contribution is -2.51. The predicted octanol–water partition coefficient (Wildman–Crippen LogP) is 2.26. The van der Waals surface area contributed by atoms with Crippen molar-refractivity contribution >= 4 is 24.0 Å². The van der Waals surface area contributed by atoms with Crippen LogP contribution in [0, 0.1) is 12.7 Å². The molecule has 2 N–H and O–H groups in total. The number of amides is 1. The monoisotopic (exact) mass is 302 g/mol. The normalized spacial score (nSPS) is 17.1. The van der Waals surface area contributed by atoms with E-state index >= 15 is 0 Å². The number of nitrogens with one attached hydrogen (secondary N) is 2. The molecule has 0 atom stereocenters. The molecule has 20 heavy (non-hydrogen) atoms. The molecule has 1 fully saturated rings. The summed E-state index contributed by atoms with van der Waals surface area (Å²) in [6, 6.07) is 4.54. The van der Waals surface area contributed by atoms with E-state index in [4.69, 9.17) is 4.74 Å². The maximum absolute atomic E-state index is 13.2. The van der Waals surface area contributed by atoms with Crippen molar-refractivity contribution in [2.24, 2.45) is 0 Å². The number of piperidine rings is 1. The molecular weight excluding hydrogens is 283 g/mol. The number of hydrogen-bond acceptors (Lipinski definition) is 3. The molecule has 1 aliphatic heterocycles. The lowest BCUT2D eigenvalue weighted by atomic mass is 9.91. The van der Waals surface area contributed by atoms with E-state index in [2.05, 4.69) is 10.6 Å². The second-order valence-electron chi connectivity index (χ2n) is 4.87. The Kier molecular flexibility index (Phi) is 5.92. The highest BCUT2D eigenvalue weighted by Gasteiger charge is 2.39. The molecule has 6 heteroatoms. The Hall–Kier alpha value is -1.17. The van der Waals surface area contributed by atoms with Gasteiger partial charge in [0.2, 0.25) is 0 Å². The molecule has 1 aliphatic rings. The summed E-state index contributed by atoms with van der Waals surface area (Å²) in [7, 11) is 1.56. The molecule has 0 bridgehead atoms. The van der Waals surface area contributed by atoms with Gasteiger partial charge in [-0.15, -0.1) is 12.4 Å². The van der Waals surface area contributed by atoms with Crippen molar-refractivity contribution in [2.45, 2.75) is 25.4 Å². The third-order valence-electron chi connectivity index (χ3n) is 3.63. The van der Waals surface area contributed by atoms with E-state index in [0.717, 1.165) is 13.1 Å². The van der Waals surface area contributed by atoms with E-state index in [1.807, 2.05) is 0 Å². The summed E-state index contributed by atoms with van der Waals surface area (Å²) >= 11 is 0. The Morgan fingerprint density at radius 1 is 1.40 bits per heavy atom.